The van der Waals surface area contributed by atoms with Gasteiger partial charge in [-0.3, -0.25) is 15.1 Å². The third kappa shape index (κ3) is 4.64. The SMILES string of the molecule is O=[N+]([O-])c1ccc([O-])c(C=NCc2ccc(C[NH+]3CCCC3)cc2)c1. The van der Waals surface area contributed by atoms with E-state index in [1.54, 1.807) is 4.90 Å². The van der Waals surface area contributed by atoms with Crippen LogP contribution in [-0.2, 0) is 13.1 Å². The molecule has 0 spiro atoms. The number of aliphatic imine (C=N–C) groups is 1. The molecular weight excluding hydrogens is 318 g/mol. The molecule has 0 radical (unpaired) electrons. The molecular formula is C19H21N3O3. The van der Waals surface area contributed by atoms with E-state index >= 15 is 0 Å². The molecule has 1 N–H and O–H groups in total. The summed E-state index contributed by atoms with van der Waals surface area (Å²) < 4.78 is 0. The monoisotopic (exact) mass is 339 g/mol. The quantitative estimate of drug-likeness (QED) is 0.491. The smallest absolute Gasteiger partial charge is 0.270 e. The Morgan fingerprint density at radius 3 is 2.44 bits per heavy atom. The zero-order valence-electron chi connectivity index (χ0n) is 14.0. The molecule has 3 rings (SSSR count). The topological polar surface area (TPSA) is 83.0 Å². The van der Waals surface area contributed by atoms with Gasteiger partial charge in [0.25, 0.3) is 5.69 Å². The molecule has 1 saturated heterocycles. The highest BCUT2D eigenvalue weighted by Crippen LogP contribution is 2.19. The van der Waals surface area contributed by atoms with Gasteiger partial charge in [0, 0.05) is 36.8 Å². The summed E-state index contributed by atoms with van der Waals surface area (Å²) in [7, 11) is 0. The minimum atomic E-state index is -0.516. The number of rotatable bonds is 6. The maximum atomic E-state index is 11.7. The van der Waals surface area contributed by atoms with Gasteiger partial charge >= 0.3 is 0 Å². The molecule has 0 bridgehead atoms. The molecule has 0 saturated carbocycles. The van der Waals surface area contributed by atoms with Gasteiger partial charge in [0.15, 0.2) is 0 Å². The van der Waals surface area contributed by atoms with Crippen LogP contribution in [0.15, 0.2) is 47.5 Å². The highest BCUT2D eigenvalue weighted by Gasteiger charge is 2.15. The Morgan fingerprint density at radius 1 is 1.08 bits per heavy atom. The van der Waals surface area contributed by atoms with Crippen molar-refractivity contribution in [3.8, 4) is 5.75 Å². The highest BCUT2D eigenvalue weighted by atomic mass is 16.6. The summed E-state index contributed by atoms with van der Waals surface area (Å²) in [6.07, 6.45) is 4.06. The number of nitro benzene ring substituents is 1. The summed E-state index contributed by atoms with van der Waals surface area (Å²) in [5.41, 5.74) is 2.51. The second-order valence-electron chi connectivity index (χ2n) is 6.40. The van der Waals surface area contributed by atoms with Gasteiger partial charge in [-0.1, -0.05) is 36.1 Å². The van der Waals surface area contributed by atoms with Crippen LogP contribution in [0.1, 0.15) is 29.5 Å². The van der Waals surface area contributed by atoms with Gasteiger partial charge in [-0.05, 0) is 11.1 Å². The minimum absolute atomic E-state index is 0.102. The molecule has 0 amide bonds. The van der Waals surface area contributed by atoms with E-state index in [-0.39, 0.29) is 17.0 Å². The van der Waals surface area contributed by atoms with Crippen LogP contribution in [-0.4, -0.2) is 24.2 Å². The van der Waals surface area contributed by atoms with Crippen LogP contribution in [0.5, 0.6) is 5.75 Å². The van der Waals surface area contributed by atoms with Crippen LogP contribution >= 0.6 is 0 Å². The molecule has 6 nitrogen and oxygen atoms in total. The third-order valence-corrected chi connectivity index (χ3v) is 4.50. The van der Waals surface area contributed by atoms with Crippen LogP contribution in [0.4, 0.5) is 5.69 Å². The first-order chi connectivity index (χ1) is 12.1. The van der Waals surface area contributed by atoms with Crippen molar-refractivity contribution in [2.75, 3.05) is 13.1 Å². The first-order valence-corrected chi connectivity index (χ1v) is 8.48. The van der Waals surface area contributed by atoms with Gasteiger partial charge in [-0.15, -0.1) is 0 Å². The van der Waals surface area contributed by atoms with Crippen molar-refractivity contribution in [3.63, 3.8) is 0 Å². The fraction of sp³-hybridized carbons (Fsp3) is 0.316. The molecule has 1 fully saturated rings. The number of non-ortho nitro benzene ring substituents is 1. The summed E-state index contributed by atoms with van der Waals surface area (Å²) in [5.74, 6) is -0.265. The standard InChI is InChI=1S/C19H21N3O3/c23-19-8-7-18(22(24)25)11-17(19)13-20-12-15-3-5-16(6-4-15)14-21-9-1-2-10-21/h3-8,11,13,23H,1-2,9-10,12,14H2. The van der Waals surface area contributed by atoms with Gasteiger partial charge in [0.2, 0.25) is 0 Å². The molecule has 25 heavy (non-hydrogen) atoms. The molecule has 1 aliphatic rings. The molecule has 0 unspecified atom stereocenters. The lowest BCUT2D eigenvalue weighted by Gasteiger charge is -2.12. The van der Waals surface area contributed by atoms with E-state index in [0.29, 0.717) is 6.54 Å². The predicted octanol–water partition coefficient (Wildman–Crippen LogP) is 1.47. The zero-order chi connectivity index (χ0) is 17.6. The summed E-state index contributed by atoms with van der Waals surface area (Å²) >= 11 is 0. The average Bonchev–Trinajstić information content (AvgIpc) is 3.11. The number of nitrogens with one attached hydrogen (secondary N) is 1. The first-order valence-electron chi connectivity index (χ1n) is 8.48. The summed E-state index contributed by atoms with van der Waals surface area (Å²) in [6.45, 7) is 4.02. The normalized spacial score (nSPS) is 15.0. The van der Waals surface area contributed by atoms with Crippen LogP contribution < -0.4 is 10.0 Å². The van der Waals surface area contributed by atoms with Gasteiger partial charge in [-0.2, -0.15) is 0 Å². The largest absolute Gasteiger partial charge is 0.872 e. The van der Waals surface area contributed by atoms with Crippen LogP contribution in [0, 0.1) is 10.1 Å². The Balaban J connectivity index is 1.60. The zero-order valence-corrected chi connectivity index (χ0v) is 14.0. The molecule has 0 aliphatic carbocycles. The Kier molecular flexibility index (Phi) is 5.40. The van der Waals surface area contributed by atoms with Crippen molar-refractivity contribution in [2.24, 2.45) is 4.99 Å². The van der Waals surface area contributed by atoms with Crippen molar-refractivity contribution < 1.29 is 14.9 Å². The number of nitro groups is 1. The summed E-state index contributed by atoms with van der Waals surface area (Å²) in [6, 6.07) is 12.0. The Hall–Kier alpha value is -2.73. The third-order valence-electron chi connectivity index (χ3n) is 4.50. The highest BCUT2D eigenvalue weighted by molar-refractivity contribution is 5.84. The Bertz CT molecular complexity index is 766. The van der Waals surface area contributed by atoms with Crippen molar-refractivity contribution in [1.29, 1.82) is 0 Å². The van der Waals surface area contributed by atoms with E-state index in [9.17, 15) is 15.2 Å². The second-order valence-corrected chi connectivity index (χ2v) is 6.40. The number of hydrogen-bond acceptors (Lipinski definition) is 4. The maximum absolute atomic E-state index is 11.7. The minimum Gasteiger partial charge on any atom is -0.872 e. The molecule has 0 aromatic heterocycles. The van der Waals surface area contributed by atoms with Gasteiger partial charge in [0.1, 0.15) is 6.54 Å². The molecule has 1 aliphatic heterocycles. The maximum Gasteiger partial charge on any atom is 0.270 e. The van der Waals surface area contributed by atoms with Crippen molar-refractivity contribution in [3.05, 3.63) is 69.3 Å². The van der Waals surface area contributed by atoms with E-state index in [1.807, 2.05) is 12.1 Å². The van der Waals surface area contributed by atoms with E-state index in [0.717, 1.165) is 12.1 Å². The van der Waals surface area contributed by atoms with Crippen molar-refractivity contribution in [2.45, 2.75) is 25.9 Å². The van der Waals surface area contributed by atoms with Crippen LogP contribution in [0.25, 0.3) is 0 Å². The van der Waals surface area contributed by atoms with Gasteiger partial charge < -0.3 is 10.0 Å². The molecule has 130 valence electrons. The fourth-order valence-corrected chi connectivity index (χ4v) is 3.10. The van der Waals surface area contributed by atoms with E-state index in [4.69, 9.17) is 0 Å². The fourth-order valence-electron chi connectivity index (χ4n) is 3.10. The van der Waals surface area contributed by atoms with E-state index < -0.39 is 4.92 Å². The molecule has 1 heterocycles. The van der Waals surface area contributed by atoms with Crippen molar-refractivity contribution >= 4 is 11.9 Å². The number of hydrogen-bond donors (Lipinski definition) is 1. The van der Waals surface area contributed by atoms with Crippen LogP contribution in [0.3, 0.4) is 0 Å². The summed E-state index contributed by atoms with van der Waals surface area (Å²) in [4.78, 5) is 16.1. The number of likely N-dealkylation sites (tertiary alicyclic amines) is 1. The molecule has 2 aromatic carbocycles. The number of nitrogens with zero attached hydrogens (tertiary/aromatic N) is 2. The Morgan fingerprint density at radius 2 is 1.76 bits per heavy atom. The lowest BCUT2D eigenvalue weighted by Crippen LogP contribution is -3.08. The van der Waals surface area contributed by atoms with E-state index in [1.165, 1.54) is 55.9 Å². The Labute approximate surface area is 146 Å². The van der Waals surface area contributed by atoms with Gasteiger partial charge in [0.05, 0.1) is 24.6 Å². The predicted molar refractivity (Wildman–Crippen MR) is 93.9 cm³/mol. The molecule has 6 heteroatoms. The lowest BCUT2D eigenvalue weighted by atomic mass is 10.1. The second kappa shape index (κ2) is 7.90. The summed E-state index contributed by atoms with van der Waals surface area (Å²) in [5, 5.41) is 22.5. The first kappa shape index (κ1) is 17.1. The van der Waals surface area contributed by atoms with Crippen LogP contribution in [0.2, 0.25) is 0 Å². The number of benzene rings is 2. The van der Waals surface area contributed by atoms with Crippen molar-refractivity contribution in [1.82, 2.24) is 0 Å². The van der Waals surface area contributed by atoms with E-state index in [2.05, 4.69) is 17.1 Å². The molecule has 2 aromatic rings. The average molecular weight is 339 g/mol. The number of quaternary nitrogens is 1. The lowest BCUT2D eigenvalue weighted by molar-refractivity contribution is -0.901. The van der Waals surface area contributed by atoms with Gasteiger partial charge in [-0.25, -0.2) is 0 Å². The molecule has 0 atom stereocenters.